The van der Waals surface area contributed by atoms with Gasteiger partial charge in [0.2, 0.25) is 0 Å². The van der Waals surface area contributed by atoms with Crippen LogP contribution in [0.15, 0.2) is 12.2 Å². The van der Waals surface area contributed by atoms with Gasteiger partial charge in [-0.25, -0.2) is 0 Å². The average Bonchev–Trinajstić information content (AvgIpc) is 2.66. The normalized spacial score (nSPS) is 19.4. The molecule has 1 rings (SSSR count). The van der Waals surface area contributed by atoms with E-state index in [1.165, 1.54) is 7.11 Å². The highest BCUT2D eigenvalue weighted by Crippen LogP contribution is 2.24. The molecule has 0 heterocycles. The van der Waals surface area contributed by atoms with Crippen molar-refractivity contribution in [3.63, 3.8) is 0 Å². The maximum absolute atomic E-state index is 10.8. The molecular formula is C13H22O3. The molecule has 0 unspecified atom stereocenters. The van der Waals surface area contributed by atoms with Crippen LogP contribution in [-0.2, 0) is 14.3 Å². The van der Waals surface area contributed by atoms with Gasteiger partial charge in [-0.05, 0) is 25.7 Å². The highest BCUT2D eigenvalue weighted by atomic mass is 16.5. The van der Waals surface area contributed by atoms with Gasteiger partial charge in [-0.3, -0.25) is 9.59 Å². The summed E-state index contributed by atoms with van der Waals surface area (Å²) in [5.74, 6) is 0.318. The third kappa shape index (κ3) is 7.21. The number of methoxy groups -OCH3 is 1. The van der Waals surface area contributed by atoms with Gasteiger partial charge in [0.25, 0.3) is 0 Å². The fourth-order valence-corrected chi connectivity index (χ4v) is 1.62. The van der Waals surface area contributed by atoms with Crippen LogP contribution < -0.4 is 0 Å². The second-order valence-corrected chi connectivity index (χ2v) is 3.91. The van der Waals surface area contributed by atoms with Crippen molar-refractivity contribution in [1.82, 2.24) is 0 Å². The second-order valence-electron chi connectivity index (χ2n) is 3.91. The van der Waals surface area contributed by atoms with E-state index in [9.17, 15) is 9.59 Å². The van der Waals surface area contributed by atoms with Gasteiger partial charge in [-0.15, -0.1) is 0 Å². The van der Waals surface area contributed by atoms with Crippen molar-refractivity contribution in [1.29, 1.82) is 0 Å². The first-order valence-electron chi connectivity index (χ1n) is 5.83. The fraction of sp³-hybridized carbons (Fsp3) is 0.692. The maximum Gasteiger partial charge on any atom is 0.305 e. The molecule has 16 heavy (non-hydrogen) atoms. The zero-order valence-corrected chi connectivity index (χ0v) is 10.5. The molecule has 1 aliphatic rings. The van der Waals surface area contributed by atoms with Gasteiger partial charge in [0.05, 0.1) is 7.11 Å². The zero-order valence-electron chi connectivity index (χ0n) is 10.5. The summed E-state index contributed by atoms with van der Waals surface area (Å²) in [4.78, 5) is 21.5. The molecule has 3 nitrogen and oxygen atoms in total. The van der Waals surface area contributed by atoms with Gasteiger partial charge in [0, 0.05) is 19.3 Å². The van der Waals surface area contributed by atoms with E-state index in [0.29, 0.717) is 19.3 Å². The molecule has 3 heteroatoms. The molecule has 0 saturated heterocycles. The van der Waals surface area contributed by atoms with Crippen molar-refractivity contribution in [3.05, 3.63) is 12.2 Å². The lowest BCUT2D eigenvalue weighted by molar-refractivity contribution is -0.141. The first kappa shape index (κ1) is 14.9. The topological polar surface area (TPSA) is 43.4 Å². The molecule has 1 fully saturated rings. The largest absolute Gasteiger partial charge is 0.469 e. The molecule has 0 amide bonds. The SMILES string of the molecule is C/C=C\CC.COC(=O)C[C@H]1CCC(=O)C1. The van der Waals surface area contributed by atoms with Gasteiger partial charge >= 0.3 is 5.97 Å². The van der Waals surface area contributed by atoms with Crippen molar-refractivity contribution in [2.24, 2.45) is 5.92 Å². The molecule has 92 valence electrons. The van der Waals surface area contributed by atoms with Gasteiger partial charge in [-0.2, -0.15) is 0 Å². The van der Waals surface area contributed by atoms with Gasteiger partial charge in [-0.1, -0.05) is 19.1 Å². The number of carbonyl (C=O) groups is 2. The minimum Gasteiger partial charge on any atom is -0.469 e. The van der Waals surface area contributed by atoms with E-state index >= 15 is 0 Å². The van der Waals surface area contributed by atoms with E-state index in [2.05, 4.69) is 23.8 Å². The average molecular weight is 226 g/mol. The molecule has 1 aliphatic carbocycles. The lowest BCUT2D eigenvalue weighted by Crippen LogP contribution is -2.07. The van der Waals surface area contributed by atoms with Crippen molar-refractivity contribution in [2.75, 3.05) is 7.11 Å². The minimum atomic E-state index is -0.204. The van der Waals surface area contributed by atoms with E-state index in [1.54, 1.807) is 0 Å². The number of ketones is 1. The van der Waals surface area contributed by atoms with Crippen LogP contribution in [0.25, 0.3) is 0 Å². The Labute approximate surface area is 97.9 Å². The summed E-state index contributed by atoms with van der Waals surface area (Å²) < 4.78 is 4.50. The number of carbonyl (C=O) groups excluding carboxylic acids is 2. The third-order valence-corrected chi connectivity index (χ3v) is 2.50. The van der Waals surface area contributed by atoms with Crippen LogP contribution in [0.1, 0.15) is 46.0 Å². The van der Waals surface area contributed by atoms with Gasteiger partial charge in [0.15, 0.2) is 0 Å². The van der Waals surface area contributed by atoms with Crippen LogP contribution in [0.3, 0.4) is 0 Å². The molecule has 0 N–H and O–H groups in total. The summed E-state index contributed by atoms with van der Waals surface area (Å²) in [6, 6.07) is 0. The Kier molecular flexibility index (Phi) is 8.49. The molecule has 0 spiro atoms. The lowest BCUT2D eigenvalue weighted by atomic mass is 10.0. The monoisotopic (exact) mass is 226 g/mol. The maximum atomic E-state index is 10.8. The van der Waals surface area contributed by atoms with E-state index in [1.807, 2.05) is 6.92 Å². The van der Waals surface area contributed by atoms with Crippen LogP contribution in [0.2, 0.25) is 0 Å². The van der Waals surface area contributed by atoms with E-state index in [0.717, 1.165) is 12.8 Å². The van der Waals surface area contributed by atoms with Crippen LogP contribution in [-0.4, -0.2) is 18.9 Å². The summed E-state index contributed by atoms with van der Waals surface area (Å²) in [5.41, 5.74) is 0. The van der Waals surface area contributed by atoms with Crippen molar-refractivity contribution in [3.8, 4) is 0 Å². The smallest absolute Gasteiger partial charge is 0.305 e. The molecule has 0 aromatic rings. The number of Topliss-reactive ketones (excluding diaryl/α,β-unsaturated/α-hetero) is 1. The quantitative estimate of drug-likeness (QED) is 0.549. The van der Waals surface area contributed by atoms with Gasteiger partial charge < -0.3 is 4.74 Å². The summed E-state index contributed by atoms with van der Waals surface area (Å²) in [6.07, 6.45) is 7.81. The number of esters is 1. The molecule has 1 saturated carbocycles. The first-order valence-corrected chi connectivity index (χ1v) is 5.83. The number of ether oxygens (including phenoxy) is 1. The van der Waals surface area contributed by atoms with Crippen LogP contribution in [0.4, 0.5) is 0 Å². The van der Waals surface area contributed by atoms with Gasteiger partial charge in [0.1, 0.15) is 5.78 Å². The molecule has 1 atom stereocenters. The first-order chi connectivity index (χ1) is 7.63. The fourth-order valence-electron chi connectivity index (χ4n) is 1.62. The zero-order chi connectivity index (χ0) is 12.4. The summed E-state index contributed by atoms with van der Waals surface area (Å²) in [7, 11) is 1.37. The highest BCUT2D eigenvalue weighted by molar-refractivity contribution is 5.81. The Morgan fingerprint density at radius 1 is 1.56 bits per heavy atom. The van der Waals surface area contributed by atoms with E-state index in [4.69, 9.17) is 0 Å². The molecule has 0 bridgehead atoms. The Balaban J connectivity index is 0.000000385. The summed E-state index contributed by atoms with van der Waals surface area (Å²) >= 11 is 0. The van der Waals surface area contributed by atoms with Crippen molar-refractivity contribution < 1.29 is 14.3 Å². The van der Waals surface area contributed by atoms with Crippen molar-refractivity contribution in [2.45, 2.75) is 46.0 Å². The predicted molar refractivity (Wildman–Crippen MR) is 64.1 cm³/mol. The minimum absolute atomic E-state index is 0.204. The van der Waals surface area contributed by atoms with Crippen LogP contribution >= 0.6 is 0 Å². The van der Waals surface area contributed by atoms with Crippen molar-refractivity contribution >= 4 is 11.8 Å². The number of hydrogen-bond acceptors (Lipinski definition) is 3. The predicted octanol–water partition coefficient (Wildman–Crippen LogP) is 2.89. The number of hydrogen-bond donors (Lipinski definition) is 0. The van der Waals surface area contributed by atoms with E-state index in [-0.39, 0.29) is 17.7 Å². The standard InChI is InChI=1S/C8H12O3.C5H10/c1-11-8(10)5-6-2-3-7(9)4-6;1-3-5-4-2/h6H,2-5H2,1H3;3,5H,4H2,1-2H3/b;5-3-/t6-;/m0./s1. The number of rotatable bonds is 3. The third-order valence-electron chi connectivity index (χ3n) is 2.50. The molecular weight excluding hydrogens is 204 g/mol. The second kappa shape index (κ2) is 9.13. The Morgan fingerprint density at radius 2 is 2.25 bits per heavy atom. The number of allylic oxidation sites excluding steroid dienone is 2. The summed E-state index contributed by atoms with van der Waals surface area (Å²) in [6.45, 7) is 4.16. The van der Waals surface area contributed by atoms with Crippen LogP contribution in [0.5, 0.6) is 0 Å². The lowest BCUT2D eigenvalue weighted by Gasteiger charge is -2.04. The highest BCUT2D eigenvalue weighted by Gasteiger charge is 2.24. The molecule has 0 aromatic carbocycles. The Bertz CT molecular complexity index is 244. The molecule has 0 aliphatic heterocycles. The van der Waals surface area contributed by atoms with Crippen LogP contribution in [0, 0.1) is 5.92 Å². The Hall–Kier alpha value is -1.12. The summed E-state index contributed by atoms with van der Waals surface area (Å²) in [5, 5.41) is 0. The Morgan fingerprint density at radius 3 is 2.56 bits per heavy atom. The molecule has 0 aromatic heterocycles. The molecule has 0 radical (unpaired) electrons. The van der Waals surface area contributed by atoms with E-state index < -0.39 is 0 Å².